The fourth-order valence-corrected chi connectivity index (χ4v) is 2.72. The van der Waals surface area contributed by atoms with Gasteiger partial charge in [0.2, 0.25) is 0 Å². The summed E-state index contributed by atoms with van der Waals surface area (Å²) >= 11 is 0. The molecule has 3 heteroatoms. The molecular formula is C16H27N3. The minimum absolute atomic E-state index is 0.787. The molecule has 0 spiro atoms. The average Bonchev–Trinajstić information content (AvgIpc) is 2.96. The zero-order chi connectivity index (χ0) is 13.3. The van der Waals surface area contributed by atoms with Crippen LogP contribution in [-0.2, 0) is 6.54 Å². The van der Waals surface area contributed by atoms with Crippen LogP contribution >= 0.6 is 0 Å². The van der Waals surface area contributed by atoms with E-state index in [4.69, 9.17) is 5.73 Å². The zero-order valence-corrected chi connectivity index (χ0v) is 11.9. The Morgan fingerprint density at radius 2 is 1.79 bits per heavy atom. The monoisotopic (exact) mass is 261 g/mol. The summed E-state index contributed by atoms with van der Waals surface area (Å²) in [5.74, 6) is 0. The van der Waals surface area contributed by atoms with E-state index in [1.165, 1.54) is 38.0 Å². The second-order valence-corrected chi connectivity index (χ2v) is 5.45. The van der Waals surface area contributed by atoms with E-state index in [1.807, 2.05) is 0 Å². The van der Waals surface area contributed by atoms with Crippen LogP contribution in [0.1, 0.15) is 24.8 Å². The van der Waals surface area contributed by atoms with Crippen molar-refractivity contribution >= 4 is 0 Å². The van der Waals surface area contributed by atoms with Crippen molar-refractivity contribution in [2.24, 2.45) is 5.73 Å². The number of nitrogens with two attached hydrogens (primary N) is 1. The molecule has 19 heavy (non-hydrogen) atoms. The smallest absolute Gasteiger partial charge is 0.0234 e. The number of hydrogen-bond acceptors (Lipinski definition) is 3. The molecule has 0 atom stereocenters. The van der Waals surface area contributed by atoms with E-state index in [-0.39, 0.29) is 0 Å². The molecule has 0 saturated carbocycles. The highest BCUT2D eigenvalue weighted by Crippen LogP contribution is 2.09. The van der Waals surface area contributed by atoms with Crippen LogP contribution in [-0.4, -0.2) is 49.1 Å². The van der Waals surface area contributed by atoms with Gasteiger partial charge >= 0.3 is 0 Å². The van der Waals surface area contributed by atoms with Gasteiger partial charge in [0.25, 0.3) is 0 Å². The molecule has 1 aromatic rings. The molecule has 0 aromatic heterocycles. The Hall–Kier alpha value is -0.900. The molecule has 0 bridgehead atoms. The number of nitrogens with zero attached hydrogens (tertiary/aromatic N) is 2. The topological polar surface area (TPSA) is 32.5 Å². The molecular weight excluding hydrogens is 234 g/mol. The van der Waals surface area contributed by atoms with Gasteiger partial charge in [-0.05, 0) is 51.0 Å². The van der Waals surface area contributed by atoms with E-state index in [0.717, 1.165) is 32.6 Å². The normalized spacial score (nSPS) is 16.3. The van der Waals surface area contributed by atoms with Gasteiger partial charge in [-0.1, -0.05) is 30.3 Å². The lowest BCUT2D eigenvalue weighted by Gasteiger charge is -2.25. The fourth-order valence-electron chi connectivity index (χ4n) is 2.72. The lowest BCUT2D eigenvalue weighted by molar-refractivity contribution is 0.217. The van der Waals surface area contributed by atoms with Crippen molar-refractivity contribution in [2.45, 2.75) is 25.8 Å². The molecule has 1 fully saturated rings. The fraction of sp³-hybridized carbons (Fsp3) is 0.625. The van der Waals surface area contributed by atoms with E-state index < -0.39 is 0 Å². The molecule has 0 radical (unpaired) electrons. The summed E-state index contributed by atoms with van der Waals surface area (Å²) in [6.07, 6.45) is 3.84. The van der Waals surface area contributed by atoms with Gasteiger partial charge in [-0.15, -0.1) is 0 Å². The first-order valence-corrected chi connectivity index (χ1v) is 7.57. The molecule has 1 aliphatic heterocycles. The molecule has 106 valence electrons. The Kier molecular flexibility index (Phi) is 6.34. The van der Waals surface area contributed by atoms with Gasteiger partial charge in [-0.25, -0.2) is 0 Å². The molecule has 3 nitrogen and oxygen atoms in total. The summed E-state index contributed by atoms with van der Waals surface area (Å²) in [5, 5.41) is 0. The third kappa shape index (κ3) is 5.31. The van der Waals surface area contributed by atoms with Crippen LogP contribution in [0.5, 0.6) is 0 Å². The molecule has 0 aliphatic carbocycles. The standard InChI is InChI=1S/C16H27N3/c17-9-6-12-19(14-13-18-10-4-5-11-18)15-16-7-2-1-3-8-16/h1-3,7-8H,4-6,9-15,17H2. The van der Waals surface area contributed by atoms with Crippen LogP contribution in [0.3, 0.4) is 0 Å². The summed E-state index contributed by atoms with van der Waals surface area (Å²) in [4.78, 5) is 5.13. The molecule has 1 saturated heterocycles. The van der Waals surface area contributed by atoms with Crippen molar-refractivity contribution in [3.8, 4) is 0 Å². The maximum atomic E-state index is 5.65. The molecule has 1 aromatic carbocycles. The van der Waals surface area contributed by atoms with Crippen molar-refractivity contribution in [1.29, 1.82) is 0 Å². The zero-order valence-electron chi connectivity index (χ0n) is 11.9. The Morgan fingerprint density at radius 3 is 2.47 bits per heavy atom. The van der Waals surface area contributed by atoms with Crippen molar-refractivity contribution in [3.63, 3.8) is 0 Å². The predicted octanol–water partition coefficient (Wildman–Crippen LogP) is 1.93. The highest BCUT2D eigenvalue weighted by molar-refractivity contribution is 5.14. The average molecular weight is 261 g/mol. The number of rotatable bonds is 8. The summed E-state index contributed by atoms with van der Waals surface area (Å²) in [7, 11) is 0. The maximum Gasteiger partial charge on any atom is 0.0234 e. The Bertz CT molecular complexity index is 333. The molecule has 1 heterocycles. The van der Waals surface area contributed by atoms with Gasteiger partial charge in [0.1, 0.15) is 0 Å². The maximum absolute atomic E-state index is 5.65. The van der Waals surface area contributed by atoms with Gasteiger partial charge < -0.3 is 10.6 Å². The van der Waals surface area contributed by atoms with Crippen LogP contribution < -0.4 is 5.73 Å². The number of hydrogen-bond donors (Lipinski definition) is 1. The minimum atomic E-state index is 0.787. The van der Waals surface area contributed by atoms with Gasteiger partial charge in [0, 0.05) is 19.6 Å². The van der Waals surface area contributed by atoms with E-state index in [9.17, 15) is 0 Å². The van der Waals surface area contributed by atoms with Crippen LogP contribution in [0, 0.1) is 0 Å². The third-order valence-corrected chi connectivity index (χ3v) is 3.86. The van der Waals surface area contributed by atoms with Crippen LogP contribution in [0.15, 0.2) is 30.3 Å². The highest BCUT2D eigenvalue weighted by Gasteiger charge is 2.13. The second kappa shape index (κ2) is 8.31. The Labute approximate surface area is 117 Å². The highest BCUT2D eigenvalue weighted by atomic mass is 15.2. The quantitative estimate of drug-likeness (QED) is 0.776. The van der Waals surface area contributed by atoms with E-state index in [1.54, 1.807) is 0 Å². The number of likely N-dealkylation sites (tertiary alicyclic amines) is 1. The van der Waals surface area contributed by atoms with Crippen molar-refractivity contribution in [2.75, 3.05) is 39.3 Å². The molecule has 1 aliphatic rings. The summed E-state index contributed by atoms with van der Waals surface area (Å²) in [6.45, 7) is 7.89. The van der Waals surface area contributed by atoms with Crippen LogP contribution in [0.2, 0.25) is 0 Å². The summed E-state index contributed by atoms with van der Waals surface area (Å²) < 4.78 is 0. The molecule has 2 rings (SSSR count). The SMILES string of the molecule is NCCCN(CCN1CCCC1)Cc1ccccc1. The first kappa shape index (κ1) is 14.5. The van der Waals surface area contributed by atoms with E-state index in [2.05, 4.69) is 40.1 Å². The van der Waals surface area contributed by atoms with Gasteiger partial charge in [0.05, 0.1) is 0 Å². The predicted molar refractivity (Wildman–Crippen MR) is 81.1 cm³/mol. The molecule has 2 N–H and O–H groups in total. The van der Waals surface area contributed by atoms with Gasteiger partial charge in [-0.3, -0.25) is 4.90 Å². The molecule has 0 amide bonds. The van der Waals surface area contributed by atoms with E-state index in [0.29, 0.717) is 0 Å². The van der Waals surface area contributed by atoms with Crippen LogP contribution in [0.25, 0.3) is 0 Å². The first-order chi connectivity index (χ1) is 9.38. The lowest BCUT2D eigenvalue weighted by atomic mass is 10.2. The van der Waals surface area contributed by atoms with Crippen LogP contribution in [0.4, 0.5) is 0 Å². The minimum Gasteiger partial charge on any atom is -0.330 e. The largest absolute Gasteiger partial charge is 0.330 e. The van der Waals surface area contributed by atoms with Gasteiger partial charge in [-0.2, -0.15) is 0 Å². The second-order valence-electron chi connectivity index (χ2n) is 5.45. The third-order valence-electron chi connectivity index (χ3n) is 3.86. The summed E-state index contributed by atoms with van der Waals surface area (Å²) in [6, 6.07) is 10.8. The Morgan fingerprint density at radius 1 is 1.05 bits per heavy atom. The van der Waals surface area contributed by atoms with Crippen molar-refractivity contribution in [3.05, 3.63) is 35.9 Å². The summed E-state index contributed by atoms with van der Waals surface area (Å²) in [5.41, 5.74) is 7.06. The lowest BCUT2D eigenvalue weighted by Crippen LogP contribution is -2.34. The van der Waals surface area contributed by atoms with Crippen molar-refractivity contribution < 1.29 is 0 Å². The van der Waals surface area contributed by atoms with Crippen molar-refractivity contribution in [1.82, 2.24) is 9.80 Å². The first-order valence-electron chi connectivity index (χ1n) is 7.57. The molecule has 0 unspecified atom stereocenters. The number of benzene rings is 1. The van der Waals surface area contributed by atoms with E-state index >= 15 is 0 Å². The van der Waals surface area contributed by atoms with Gasteiger partial charge in [0.15, 0.2) is 0 Å². The Balaban J connectivity index is 1.80.